The summed E-state index contributed by atoms with van der Waals surface area (Å²) in [6, 6.07) is 11.9. The highest BCUT2D eigenvalue weighted by Gasteiger charge is 2.13. The topological polar surface area (TPSA) is 90.9 Å². The number of carbonyl (C=O) groups is 3. The summed E-state index contributed by atoms with van der Waals surface area (Å²) in [5.41, 5.74) is 1.50. The molecule has 0 aromatic heterocycles. The van der Waals surface area contributed by atoms with Gasteiger partial charge < -0.3 is 19.5 Å². The average Bonchev–Trinajstić information content (AvgIpc) is 3.12. The standard InChI is InChI=1S/C20H17NO6/c1-13(22)15-4-2-3-5-16(15)21-19(23)11-25-20(24)9-7-14-6-8-17-18(10-14)27-12-26-17/h2-10H,11-12H2,1H3,(H,21,23). The van der Waals surface area contributed by atoms with E-state index in [9.17, 15) is 14.4 Å². The van der Waals surface area contributed by atoms with Gasteiger partial charge in [0.15, 0.2) is 23.9 Å². The zero-order valence-corrected chi connectivity index (χ0v) is 14.6. The molecule has 1 heterocycles. The molecule has 0 fully saturated rings. The molecule has 2 aromatic carbocycles. The third-order valence-electron chi connectivity index (χ3n) is 3.73. The Kier molecular flexibility index (Phi) is 5.51. The first-order valence-electron chi connectivity index (χ1n) is 8.17. The molecule has 2 aromatic rings. The highest BCUT2D eigenvalue weighted by atomic mass is 16.7. The van der Waals surface area contributed by atoms with Crippen LogP contribution in [0.5, 0.6) is 11.5 Å². The van der Waals surface area contributed by atoms with E-state index in [1.54, 1.807) is 48.5 Å². The third-order valence-corrected chi connectivity index (χ3v) is 3.73. The minimum Gasteiger partial charge on any atom is -0.454 e. The quantitative estimate of drug-likeness (QED) is 0.480. The zero-order valence-electron chi connectivity index (χ0n) is 14.6. The van der Waals surface area contributed by atoms with Crippen LogP contribution in [0.25, 0.3) is 6.08 Å². The lowest BCUT2D eigenvalue weighted by Gasteiger charge is -2.08. The lowest BCUT2D eigenvalue weighted by Crippen LogP contribution is -2.21. The number of para-hydroxylation sites is 1. The van der Waals surface area contributed by atoms with Crippen LogP contribution in [0.15, 0.2) is 48.5 Å². The van der Waals surface area contributed by atoms with E-state index in [0.29, 0.717) is 22.7 Å². The average molecular weight is 367 g/mol. The molecular weight excluding hydrogens is 350 g/mol. The molecule has 0 aliphatic carbocycles. The lowest BCUT2D eigenvalue weighted by molar-refractivity contribution is -0.142. The summed E-state index contributed by atoms with van der Waals surface area (Å²) in [7, 11) is 0. The van der Waals surface area contributed by atoms with Crippen LogP contribution in [-0.4, -0.2) is 31.1 Å². The normalized spacial score (nSPS) is 12.0. The molecule has 138 valence electrons. The maximum Gasteiger partial charge on any atom is 0.331 e. The van der Waals surface area contributed by atoms with Crippen molar-refractivity contribution >= 4 is 29.4 Å². The molecule has 0 saturated carbocycles. The van der Waals surface area contributed by atoms with E-state index in [0.717, 1.165) is 5.56 Å². The van der Waals surface area contributed by atoms with Gasteiger partial charge in [0.1, 0.15) is 0 Å². The van der Waals surface area contributed by atoms with Gasteiger partial charge in [0.25, 0.3) is 5.91 Å². The van der Waals surface area contributed by atoms with Crippen molar-refractivity contribution in [3.8, 4) is 11.5 Å². The lowest BCUT2D eigenvalue weighted by atomic mass is 10.1. The number of ketones is 1. The molecule has 0 unspecified atom stereocenters. The summed E-state index contributed by atoms with van der Waals surface area (Å²) in [6.45, 7) is 1.12. The number of benzene rings is 2. The second kappa shape index (κ2) is 8.18. The van der Waals surface area contributed by atoms with E-state index >= 15 is 0 Å². The number of nitrogens with one attached hydrogen (secondary N) is 1. The number of ether oxygens (including phenoxy) is 3. The van der Waals surface area contributed by atoms with E-state index in [1.807, 2.05) is 0 Å². The van der Waals surface area contributed by atoms with Gasteiger partial charge in [-0.15, -0.1) is 0 Å². The predicted molar refractivity (Wildman–Crippen MR) is 97.6 cm³/mol. The van der Waals surface area contributed by atoms with E-state index in [1.165, 1.54) is 13.0 Å². The van der Waals surface area contributed by atoms with E-state index < -0.39 is 18.5 Å². The first-order valence-corrected chi connectivity index (χ1v) is 8.17. The van der Waals surface area contributed by atoms with Crippen LogP contribution >= 0.6 is 0 Å². The predicted octanol–water partition coefficient (Wildman–Crippen LogP) is 2.81. The van der Waals surface area contributed by atoms with Crippen molar-refractivity contribution in [2.24, 2.45) is 0 Å². The SMILES string of the molecule is CC(=O)c1ccccc1NC(=O)COC(=O)C=Cc1ccc2c(c1)OCO2. The fourth-order valence-corrected chi connectivity index (χ4v) is 2.45. The van der Waals surface area contributed by atoms with Crippen molar-refractivity contribution in [1.82, 2.24) is 0 Å². The molecule has 27 heavy (non-hydrogen) atoms. The zero-order chi connectivity index (χ0) is 19.2. The number of amides is 1. The molecule has 1 N–H and O–H groups in total. The molecule has 1 aliphatic heterocycles. The number of rotatable bonds is 6. The Morgan fingerprint density at radius 1 is 1.11 bits per heavy atom. The maximum absolute atomic E-state index is 11.9. The Morgan fingerprint density at radius 3 is 2.70 bits per heavy atom. The monoisotopic (exact) mass is 367 g/mol. The van der Waals surface area contributed by atoms with Crippen molar-refractivity contribution in [2.75, 3.05) is 18.7 Å². The number of Topliss-reactive ketones (excluding diaryl/α,β-unsaturated/α-hetero) is 1. The number of esters is 1. The van der Waals surface area contributed by atoms with E-state index in [-0.39, 0.29) is 12.6 Å². The molecule has 1 aliphatic rings. The molecule has 7 heteroatoms. The Balaban J connectivity index is 1.52. The molecule has 0 spiro atoms. The van der Waals surface area contributed by atoms with Gasteiger partial charge in [-0.1, -0.05) is 18.2 Å². The first-order chi connectivity index (χ1) is 13.0. The summed E-state index contributed by atoms with van der Waals surface area (Å²) < 4.78 is 15.4. The van der Waals surface area contributed by atoms with Crippen molar-refractivity contribution in [3.63, 3.8) is 0 Å². The van der Waals surface area contributed by atoms with Crippen LogP contribution in [-0.2, 0) is 14.3 Å². The summed E-state index contributed by atoms with van der Waals surface area (Å²) in [4.78, 5) is 35.3. The van der Waals surface area contributed by atoms with Gasteiger partial charge in [0.05, 0.1) is 5.69 Å². The van der Waals surface area contributed by atoms with Gasteiger partial charge >= 0.3 is 5.97 Å². The largest absolute Gasteiger partial charge is 0.454 e. The minimum absolute atomic E-state index is 0.172. The van der Waals surface area contributed by atoms with Crippen LogP contribution in [0.1, 0.15) is 22.8 Å². The summed E-state index contributed by atoms with van der Waals surface area (Å²) in [5.74, 6) is -0.114. The van der Waals surface area contributed by atoms with Crippen LogP contribution in [0.3, 0.4) is 0 Å². The Morgan fingerprint density at radius 2 is 1.89 bits per heavy atom. The number of hydrogen-bond acceptors (Lipinski definition) is 6. The Hall–Kier alpha value is -3.61. The molecule has 0 bridgehead atoms. The molecule has 1 amide bonds. The van der Waals surface area contributed by atoms with Crippen LogP contribution in [0.4, 0.5) is 5.69 Å². The van der Waals surface area contributed by atoms with Gasteiger partial charge in [0.2, 0.25) is 6.79 Å². The minimum atomic E-state index is -0.664. The fourth-order valence-electron chi connectivity index (χ4n) is 2.45. The highest BCUT2D eigenvalue weighted by molar-refractivity contribution is 6.04. The van der Waals surface area contributed by atoms with Crippen LogP contribution < -0.4 is 14.8 Å². The van der Waals surface area contributed by atoms with Gasteiger partial charge in [-0.25, -0.2) is 4.79 Å². The summed E-state index contributed by atoms with van der Waals surface area (Å²) >= 11 is 0. The van der Waals surface area contributed by atoms with Crippen molar-refractivity contribution in [2.45, 2.75) is 6.92 Å². The van der Waals surface area contributed by atoms with Crippen molar-refractivity contribution in [3.05, 3.63) is 59.7 Å². The molecule has 3 rings (SSSR count). The van der Waals surface area contributed by atoms with E-state index in [4.69, 9.17) is 14.2 Å². The molecule has 7 nitrogen and oxygen atoms in total. The van der Waals surface area contributed by atoms with Gasteiger partial charge in [-0.3, -0.25) is 9.59 Å². The Bertz CT molecular complexity index is 918. The second-order valence-corrected chi connectivity index (χ2v) is 5.70. The number of carbonyl (C=O) groups excluding carboxylic acids is 3. The fraction of sp³-hybridized carbons (Fsp3) is 0.150. The van der Waals surface area contributed by atoms with Gasteiger partial charge in [0, 0.05) is 11.6 Å². The number of anilines is 1. The number of hydrogen-bond donors (Lipinski definition) is 1. The molecule has 0 radical (unpaired) electrons. The second-order valence-electron chi connectivity index (χ2n) is 5.70. The van der Waals surface area contributed by atoms with Crippen LogP contribution in [0.2, 0.25) is 0 Å². The van der Waals surface area contributed by atoms with Crippen molar-refractivity contribution < 1.29 is 28.6 Å². The molecule has 0 saturated heterocycles. The first kappa shape index (κ1) is 18.2. The van der Waals surface area contributed by atoms with Gasteiger partial charge in [-0.2, -0.15) is 0 Å². The summed E-state index contributed by atoms with van der Waals surface area (Å²) in [5, 5.41) is 2.56. The molecular formula is C20H17NO6. The Labute approximate surface area is 155 Å². The van der Waals surface area contributed by atoms with Crippen LogP contribution in [0, 0.1) is 0 Å². The maximum atomic E-state index is 11.9. The van der Waals surface area contributed by atoms with Gasteiger partial charge in [-0.05, 0) is 42.8 Å². The number of fused-ring (bicyclic) bond motifs is 1. The smallest absolute Gasteiger partial charge is 0.331 e. The van der Waals surface area contributed by atoms with Crippen molar-refractivity contribution in [1.29, 1.82) is 0 Å². The highest BCUT2D eigenvalue weighted by Crippen LogP contribution is 2.32. The van der Waals surface area contributed by atoms with E-state index in [2.05, 4.69) is 5.32 Å². The molecule has 0 atom stereocenters. The third kappa shape index (κ3) is 4.72. The summed E-state index contributed by atoms with van der Waals surface area (Å²) in [6.07, 6.45) is 2.77.